The summed E-state index contributed by atoms with van der Waals surface area (Å²) < 4.78 is 0. The average molecular weight is 473 g/mol. The molecule has 0 N–H and O–H groups in total. The van der Waals surface area contributed by atoms with Gasteiger partial charge < -0.3 is 9.80 Å². The van der Waals surface area contributed by atoms with E-state index in [2.05, 4.69) is 12.1 Å². The first kappa shape index (κ1) is 27.6. The Kier molecular flexibility index (Phi) is 13.3. The molecule has 0 unspecified atom stereocenters. The molecule has 0 heterocycles. The van der Waals surface area contributed by atoms with Crippen LogP contribution < -0.4 is 0 Å². The zero-order chi connectivity index (χ0) is 25.1. The number of carbonyl (C=O) groups is 2. The Morgan fingerprint density at radius 1 is 0.600 bits per heavy atom. The van der Waals surface area contributed by atoms with Gasteiger partial charge in [-0.2, -0.15) is 10.5 Å². The van der Waals surface area contributed by atoms with E-state index in [1.54, 1.807) is 9.80 Å². The molecule has 0 spiro atoms. The van der Waals surface area contributed by atoms with Gasteiger partial charge in [0.15, 0.2) is 0 Å². The van der Waals surface area contributed by atoms with Crippen molar-refractivity contribution < 1.29 is 9.59 Å². The lowest BCUT2D eigenvalue weighted by molar-refractivity contribution is -0.131. The Morgan fingerprint density at radius 2 is 1.00 bits per heavy atom. The van der Waals surface area contributed by atoms with Crippen LogP contribution in [-0.4, -0.2) is 47.8 Å². The maximum absolute atomic E-state index is 12.7. The number of hydrogen-bond acceptors (Lipinski definition) is 4. The van der Waals surface area contributed by atoms with Gasteiger partial charge in [-0.15, -0.1) is 0 Å². The number of benzene rings is 2. The lowest BCUT2D eigenvalue weighted by Gasteiger charge is -2.22. The van der Waals surface area contributed by atoms with Crippen molar-refractivity contribution in [3.05, 3.63) is 71.8 Å². The van der Waals surface area contributed by atoms with Gasteiger partial charge in [-0.05, 0) is 36.8 Å². The summed E-state index contributed by atoms with van der Waals surface area (Å²) in [5, 5.41) is 17.9. The van der Waals surface area contributed by atoms with Crippen molar-refractivity contribution in [2.24, 2.45) is 0 Å². The molecule has 0 bridgehead atoms. The monoisotopic (exact) mass is 472 g/mol. The zero-order valence-corrected chi connectivity index (χ0v) is 20.6. The molecule has 2 rings (SSSR count). The fourth-order valence-corrected chi connectivity index (χ4v) is 3.96. The molecular weight excluding hydrogens is 436 g/mol. The summed E-state index contributed by atoms with van der Waals surface area (Å²) in [6.45, 7) is 2.13. The van der Waals surface area contributed by atoms with Crippen molar-refractivity contribution >= 4 is 11.8 Å². The molecule has 6 heteroatoms. The fourth-order valence-electron chi connectivity index (χ4n) is 3.96. The van der Waals surface area contributed by atoms with Crippen LogP contribution in [0.15, 0.2) is 60.7 Å². The van der Waals surface area contributed by atoms with Gasteiger partial charge in [0.2, 0.25) is 11.8 Å². The SMILES string of the molecule is N#CCCN(CCc1ccccc1)C(=O)CCCCCC(=O)N(CCC#N)CCc1ccccc1. The van der Waals surface area contributed by atoms with Gasteiger partial charge in [0.1, 0.15) is 0 Å². The molecule has 0 atom stereocenters. The lowest BCUT2D eigenvalue weighted by atomic mass is 10.1. The largest absolute Gasteiger partial charge is 0.341 e. The number of amides is 2. The van der Waals surface area contributed by atoms with E-state index in [4.69, 9.17) is 10.5 Å². The van der Waals surface area contributed by atoms with E-state index in [1.165, 1.54) is 11.1 Å². The molecule has 0 aliphatic carbocycles. The summed E-state index contributed by atoms with van der Waals surface area (Å²) in [5.41, 5.74) is 2.35. The summed E-state index contributed by atoms with van der Waals surface area (Å²) in [5.74, 6) is 0.141. The first-order valence-corrected chi connectivity index (χ1v) is 12.5. The standard InChI is InChI=1S/C29H36N4O2/c30-20-10-22-32(24-18-26-12-4-1-5-13-26)28(34)16-8-3-9-17-29(35)33(23-11-21-31)25-19-27-14-6-2-7-15-27/h1-2,4-7,12-15H,3,8-11,16-19,22-25H2. The Hall–Kier alpha value is -3.64. The summed E-state index contributed by atoms with van der Waals surface area (Å²) >= 11 is 0. The zero-order valence-electron chi connectivity index (χ0n) is 20.6. The Balaban J connectivity index is 1.72. The van der Waals surface area contributed by atoms with Gasteiger partial charge in [-0.25, -0.2) is 0 Å². The molecule has 0 radical (unpaired) electrons. The molecule has 2 aromatic carbocycles. The minimum Gasteiger partial charge on any atom is -0.341 e. The number of unbranched alkanes of at least 4 members (excludes halogenated alkanes) is 2. The van der Waals surface area contributed by atoms with E-state index in [0.717, 1.165) is 32.1 Å². The first-order chi connectivity index (χ1) is 17.1. The normalized spacial score (nSPS) is 10.2. The summed E-state index contributed by atoms with van der Waals surface area (Å²) in [7, 11) is 0. The maximum Gasteiger partial charge on any atom is 0.222 e. The van der Waals surface area contributed by atoms with Crippen molar-refractivity contribution in [3.63, 3.8) is 0 Å². The predicted molar refractivity (Wildman–Crippen MR) is 137 cm³/mol. The number of nitriles is 2. The molecule has 184 valence electrons. The fraction of sp³-hybridized carbons (Fsp3) is 0.448. The average Bonchev–Trinajstić information content (AvgIpc) is 2.89. The molecule has 0 aromatic heterocycles. The highest BCUT2D eigenvalue weighted by Crippen LogP contribution is 2.11. The quantitative estimate of drug-likeness (QED) is 0.325. The Morgan fingerprint density at radius 3 is 1.37 bits per heavy atom. The van der Waals surface area contributed by atoms with Crippen LogP contribution in [0.25, 0.3) is 0 Å². The van der Waals surface area contributed by atoms with Crippen LogP contribution in [0.3, 0.4) is 0 Å². The van der Waals surface area contributed by atoms with Crippen molar-refractivity contribution in [2.75, 3.05) is 26.2 Å². The number of rotatable bonds is 16. The van der Waals surface area contributed by atoms with E-state index in [1.807, 2.05) is 60.7 Å². The van der Waals surface area contributed by atoms with Crippen molar-refractivity contribution in [1.82, 2.24) is 9.80 Å². The molecule has 0 saturated heterocycles. The third-order valence-corrected chi connectivity index (χ3v) is 6.00. The third kappa shape index (κ3) is 11.4. The highest BCUT2D eigenvalue weighted by Gasteiger charge is 2.15. The first-order valence-electron chi connectivity index (χ1n) is 12.5. The number of carbonyl (C=O) groups excluding carboxylic acids is 2. The van der Waals surface area contributed by atoms with Crippen molar-refractivity contribution in [2.45, 2.75) is 57.8 Å². The second kappa shape index (κ2) is 16.9. The van der Waals surface area contributed by atoms with Crippen LogP contribution >= 0.6 is 0 Å². The molecule has 0 aliphatic rings. The van der Waals surface area contributed by atoms with Crippen LogP contribution in [0.5, 0.6) is 0 Å². The summed E-state index contributed by atoms with van der Waals surface area (Å²) in [6.07, 6.45) is 5.31. The highest BCUT2D eigenvalue weighted by atomic mass is 16.2. The topological polar surface area (TPSA) is 88.2 Å². The number of nitrogens with zero attached hydrogens (tertiary/aromatic N) is 4. The third-order valence-electron chi connectivity index (χ3n) is 6.00. The minimum atomic E-state index is 0.0704. The molecule has 6 nitrogen and oxygen atoms in total. The number of hydrogen-bond donors (Lipinski definition) is 0. The smallest absolute Gasteiger partial charge is 0.222 e. The van der Waals surface area contributed by atoms with Crippen LogP contribution in [-0.2, 0) is 22.4 Å². The van der Waals surface area contributed by atoms with Crippen LogP contribution in [0.4, 0.5) is 0 Å². The molecule has 0 aliphatic heterocycles. The second-order valence-electron chi connectivity index (χ2n) is 8.61. The lowest BCUT2D eigenvalue weighted by Crippen LogP contribution is -2.34. The van der Waals surface area contributed by atoms with E-state index in [9.17, 15) is 9.59 Å². The van der Waals surface area contributed by atoms with Gasteiger partial charge in [0.25, 0.3) is 0 Å². The second-order valence-corrected chi connectivity index (χ2v) is 8.61. The van der Waals surface area contributed by atoms with Crippen molar-refractivity contribution in [3.8, 4) is 12.1 Å². The highest BCUT2D eigenvalue weighted by molar-refractivity contribution is 5.76. The van der Waals surface area contributed by atoms with Gasteiger partial charge in [0.05, 0.1) is 25.0 Å². The predicted octanol–water partition coefficient (Wildman–Crippen LogP) is 4.91. The Bertz CT molecular complexity index is 884. The van der Waals surface area contributed by atoms with Crippen LogP contribution in [0, 0.1) is 22.7 Å². The van der Waals surface area contributed by atoms with E-state index < -0.39 is 0 Å². The van der Waals surface area contributed by atoms with Crippen molar-refractivity contribution in [1.29, 1.82) is 10.5 Å². The van der Waals surface area contributed by atoms with E-state index in [-0.39, 0.29) is 11.8 Å². The Labute approximate surface area is 209 Å². The van der Waals surface area contributed by atoms with Gasteiger partial charge >= 0.3 is 0 Å². The molecule has 0 fully saturated rings. The van der Waals surface area contributed by atoms with Gasteiger partial charge in [-0.3, -0.25) is 9.59 Å². The maximum atomic E-state index is 12.7. The molecule has 0 saturated carbocycles. The van der Waals surface area contributed by atoms with Gasteiger partial charge in [-0.1, -0.05) is 67.1 Å². The molecule has 35 heavy (non-hydrogen) atoms. The molecular formula is C29H36N4O2. The minimum absolute atomic E-state index is 0.0704. The summed E-state index contributed by atoms with van der Waals surface area (Å²) in [4.78, 5) is 29.0. The van der Waals surface area contributed by atoms with Crippen LogP contribution in [0.1, 0.15) is 56.1 Å². The van der Waals surface area contributed by atoms with E-state index >= 15 is 0 Å². The van der Waals surface area contributed by atoms with E-state index in [0.29, 0.717) is 51.9 Å². The van der Waals surface area contributed by atoms with Crippen LogP contribution in [0.2, 0.25) is 0 Å². The molecule has 2 amide bonds. The summed E-state index contributed by atoms with van der Waals surface area (Å²) in [6, 6.07) is 24.3. The molecule has 2 aromatic rings. The van der Waals surface area contributed by atoms with Gasteiger partial charge in [0, 0.05) is 39.0 Å².